The second kappa shape index (κ2) is 10.7. The first-order chi connectivity index (χ1) is 13.7. The summed E-state index contributed by atoms with van der Waals surface area (Å²) in [5, 5.41) is 48.0. The summed E-state index contributed by atoms with van der Waals surface area (Å²) < 4.78 is 16.1. The van der Waals surface area contributed by atoms with E-state index in [0.29, 0.717) is 0 Å². The number of aromatic hydroxyl groups is 1. The van der Waals surface area contributed by atoms with Crippen molar-refractivity contribution in [3.05, 3.63) is 35.9 Å². The molecule has 1 fully saturated rings. The number of benzene rings is 1. The number of rotatable bonds is 8. The standard InChI is InChI=1S/C20H28O9/c1-11(27-16(23)8-5-13-3-6-14(22)7-4-13)9-12(2)28-20-19(26)18(25)17(24)15(10-21)29-20/h3-8,11-12,15,17-22,24-26H,9-10H2,1-2H3/b8-5+/t11?,12?,15-,17-,18+,19-,20-/m1/s1. The van der Waals surface area contributed by atoms with E-state index in [2.05, 4.69) is 0 Å². The molecule has 1 saturated heterocycles. The number of carbonyl (C=O) groups is 1. The number of aliphatic hydroxyl groups is 4. The van der Waals surface area contributed by atoms with E-state index < -0.39 is 55.5 Å². The van der Waals surface area contributed by atoms with E-state index in [4.69, 9.17) is 14.2 Å². The van der Waals surface area contributed by atoms with Crippen LogP contribution in [0.15, 0.2) is 30.3 Å². The van der Waals surface area contributed by atoms with Crippen LogP contribution >= 0.6 is 0 Å². The fraction of sp³-hybridized carbons (Fsp3) is 0.550. The van der Waals surface area contributed by atoms with E-state index in [0.717, 1.165) is 5.56 Å². The second-order valence-electron chi connectivity index (χ2n) is 7.05. The molecule has 1 aromatic rings. The van der Waals surface area contributed by atoms with Gasteiger partial charge in [-0.05, 0) is 37.6 Å². The Balaban J connectivity index is 1.81. The quantitative estimate of drug-likeness (QED) is 0.292. The second-order valence-corrected chi connectivity index (χ2v) is 7.05. The van der Waals surface area contributed by atoms with Gasteiger partial charge in [-0.25, -0.2) is 4.79 Å². The minimum absolute atomic E-state index is 0.131. The first-order valence-corrected chi connectivity index (χ1v) is 9.35. The summed E-state index contributed by atoms with van der Waals surface area (Å²) in [6, 6.07) is 6.31. The molecular formula is C20H28O9. The molecule has 1 aliphatic heterocycles. The lowest BCUT2D eigenvalue weighted by atomic mass is 9.99. The predicted octanol–water partition coefficient (Wildman–Crippen LogP) is -0.0678. The highest BCUT2D eigenvalue weighted by molar-refractivity contribution is 5.87. The number of aliphatic hydroxyl groups excluding tert-OH is 4. The summed E-state index contributed by atoms with van der Waals surface area (Å²) in [7, 11) is 0. The van der Waals surface area contributed by atoms with E-state index >= 15 is 0 Å². The highest BCUT2D eigenvalue weighted by Crippen LogP contribution is 2.24. The van der Waals surface area contributed by atoms with E-state index in [1.54, 1.807) is 32.1 Å². The molecule has 0 bridgehead atoms. The Morgan fingerprint density at radius 2 is 1.76 bits per heavy atom. The van der Waals surface area contributed by atoms with Crippen LogP contribution in [0.25, 0.3) is 6.08 Å². The molecule has 5 N–H and O–H groups in total. The van der Waals surface area contributed by atoms with Gasteiger partial charge >= 0.3 is 5.97 Å². The third-order valence-corrected chi connectivity index (χ3v) is 4.50. The van der Waals surface area contributed by atoms with Crippen LogP contribution in [-0.2, 0) is 19.0 Å². The van der Waals surface area contributed by atoms with Crippen LogP contribution < -0.4 is 0 Å². The van der Waals surface area contributed by atoms with Gasteiger partial charge in [-0.1, -0.05) is 12.1 Å². The Labute approximate surface area is 168 Å². The molecule has 0 spiro atoms. The molecule has 1 heterocycles. The van der Waals surface area contributed by atoms with Crippen molar-refractivity contribution >= 4 is 12.0 Å². The molecule has 162 valence electrons. The maximum absolute atomic E-state index is 11.9. The lowest BCUT2D eigenvalue weighted by molar-refractivity contribution is -0.311. The van der Waals surface area contributed by atoms with Crippen LogP contribution in [0.3, 0.4) is 0 Å². The van der Waals surface area contributed by atoms with Gasteiger partial charge in [0.2, 0.25) is 0 Å². The largest absolute Gasteiger partial charge is 0.508 e. The number of carbonyl (C=O) groups excluding carboxylic acids is 1. The predicted molar refractivity (Wildman–Crippen MR) is 102 cm³/mol. The maximum Gasteiger partial charge on any atom is 0.331 e. The number of phenols is 1. The smallest absolute Gasteiger partial charge is 0.331 e. The molecule has 0 amide bonds. The number of ether oxygens (including phenoxy) is 3. The van der Waals surface area contributed by atoms with Gasteiger partial charge in [-0.2, -0.15) is 0 Å². The lowest BCUT2D eigenvalue weighted by Gasteiger charge is -2.40. The summed E-state index contributed by atoms with van der Waals surface area (Å²) >= 11 is 0. The van der Waals surface area contributed by atoms with Gasteiger partial charge in [0, 0.05) is 12.5 Å². The van der Waals surface area contributed by atoms with Crippen molar-refractivity contribution in [1.29, 1.82) is 0 Å². The van der Waals surface area contributed by atoms with Crippen LogP contribution in [0, 0.1) is 0 Å². The Kier molecular flexibility index (Phi) is 8.57. The van der Waals surface area contributed by atoms with Gasteiger partial charge in [0.1, 0.15) is 36.3 Å². The number of esters is 1. The molecule has 2 rings (SSSR count). The molecule has 0 aliphatic carbocycles. The van der Waals surface area contributed by atoms with Gasteiger partial charge in [0.25, 0.3) is 0 Å². The Morgan fingerprint density at radius 3 is 2.38 bits per heavy atom. The Bertz CT molecular complexity index is 673. The van der Waals surface area contributed by atoms with Crippen LogP contribution in [0.4, 0.5) is 0 Å². The summed E-state index contributed by atoms with van der Waals surface area (Å²) in [5.41, 5.74) is 0.728. The van der Waals surface area contributed by atoms with Crippen LogP contribution in [-0.4, -0.2) is 81.0 Å². The third kappa shape index (κ3) is 6.77. The molecule has 7 atom stereocenters. The molecular weight excluding hydrogens is 384 g/mol. The molecule has 1 aliphatic rings. The van der Waals surface area contributed by atoms with Gasteiger partial charge in [-0.15, -0.1) is 0 Å². The topological polar surface area (TPSA) is 146 Å². The van der Waals surface area contributed by atoms with Crippen molar-refractivity contribution in [2.24, 2.45) is 0 Å². The Morgan fingerprint density at radius 1 is 1.10 bits per heavy atom. The van der Waals surface area contributed by atoms with Gasteiger partial charge < -0.3 is 39.7 Å². The van der Waals surface area contributed by atoms with Crippen molar-refractivity contribution in [2.75, 3.05) is 6.61 Å². The first-order valence-electron chi connectivity index (χ1n) is 9.35. The highest BCUT2D eigenvalue weighted by Gasteiger charge is 2.44. The molecule has 0 saturated carbocycles. The molecule has 0 radical (unpaired) electrons. The van der Waals surface area contributed by atoms with Crippen molar-refractivity contribution in [1.82, 2.24) is 0 Å². The fourth-order valence-electron chi connectivity index (χ4n) is 2.97. The molecule has 9 nitrogen and oxygen atoms in total. The van der Waals surface area contributed by atoms with Crippen LogP contribution in [0.5, 0.6) is 5.75 Å². The van der Waals surface area contributed by atoms with Gasteiger partial charge in [-0.3, -0.25) is 0 Å². The number of phenolic OH excluding ortho intramolecular Hbond substituents is 1. The minimum atomic E-state index is -1.52. The zero-order valence-electron chi connectivity index (χ0n) is 16.3. The zero-order chi connectivity index (χ0) is 21.6. The molecule has 29 heavy (non-hydrogen) atoms. The molecule has 2 unspecified atom stereocenters. The van der Waals surface area contributed by atoms with E-state index in [-0.39, 0.29) is 12.2 Å². The SMILES string of the molecule is CC(CC(C)O[C@@H]1O[C@H](CO)[C@@H](O)[C@H](O)[C@H]1O)OC(=O)/C=C/c1ccc(O)cc1. The summed E-state index contributed by atoms with van der Waals surface area (Å²) in [6.45, 7) is 2.82. The van der Waals surface area contributed by atoms with Gasteiger partial charge in [0.05, 0.1) is 12.7 Å². The van der Waals surface area contributed by atoms with E-state index in [1.165, 1.54) is 18.2 Å². The number of hydrogen-bond donors (Lipinski definition) is 5. The Hall–Kier alpha value is -2.01. The highest BCUT2D eigenvalue weighted by atomic mass is 16.7. The maximum atomic E-state index is 11.9. The lowest BCUT2D eigenvalue weighted by Crippen LogP contribution is -2.59. The molecule has 9 heteroatoms. The van der Waals surface area contributed by atoms with Crippen molar-refractivity contribution in [3.8, 4) is 5.75 Å². The molecule has 0 aromatic heterocycles. The van der Waals surface area contributed by atoms with Crippen molar-refractivity contribution < 1.29 is 44.5 Å². The third-order valence-electron chi connectivity index (χ3n) is 4.50. The average Bonchev–Trinajstić information content (AvgIpc) is 2.67. The van der Waals surface area contributed by atoms with E-state index in [1.807, 2.05) is 0 Å². The minimum Gasteiger partial charge on any atom is -0.508 e. The fourth-order valence-corrected chi connectivity index (χ4v) is 2.97. The summed E-state index contributed by atoms with van der Waals surface area (Å²) in [4.78, 5) is 11.9. The van der Waals surface area contributed by atoms with Crippen molar-refractivity contribution in [2.45, 2.75) is 63.2 Å². The van der Waals surface area contributed by atoms with Crippen molar-refractivity contribution in [3.63, 3.8) is 0 Å². The van der Waals surface area contributed by atoms with Crippen LogP contribution in [0.1, 0.15) is 25.8 Å². The monoisotopic (exact) mass is 412 g/mol. The average molecular weight is 412 g/mol. The van der Waals surface area contributed by atoms with E-state index in [9.17, 15) is 30.3 Å². The summed E-state index contributed by atoms with van der Waals surface area (Å²) in [5.74, 6) is -0.419. The zero-order valence-corrected chi connectivity index (χ0v) is 16.3. The molecule has 1 aromatic carbocycles. The van der Waals surface area contributed by atoms with Gasteiger partial charge in [0.15, 0.2) is 6.29 Å². The summed E-state index contributed by atoms with van der Waals surface area (Å²) in [6.07, 6.45) is -4.65. The van der Waals surface area contributed by atoms with Crippen LogP contribution in [0.2, 0.25) is 0 Å². The number of hydrogen-bond acceptors (Lipinski definition) is 9. The normalized spacial score (nSPS) is 29.5. The first kappa shape index (κ1) is 23.3.